The summed E-state index contributed by atoms with van der Waals surface area (Å²) in [6.45, 7) is 0. The molecule has 90 valence electrons. The second kappa shape index (κ2) is 4.77. The lowest BCUT2D eigenvalue weighted by Crippen LogP contribution is -2.33. The predicted octanol–water partition coefficient (Wildman–Crippen LogP) is 0.929. The van der Waals surface area contributed by atoms with Gasteiger partial charge in [0, 0.05) is 22.7 Å². The second-order valence-corrected chi connectivity index (χ2v) is 4.52. The molecule has 1 atom stereocenters. The van der Waals surface area contributed by atoms with Gasteiger partial charge in [-0.1, -0.05) is 0 Å². The van der Waals surface area contributed by atoms with Crippen molar-refractivity contribution in [2.24, 2.45) is 5.14 Å². The predicted molar refractivity (Wildman–Crippen MR) is 67.5 cm³/mol. The Kier molecular flexibility index (Phi) is 3.35. The highest BCUT2D eigenvalue weighted by molar-refractivity contribution is 7.97. The average molecular weight is 251 g/mol. The SMILES string of the molecule is NSc1cc(N2C(=O)CCC2C=O)ccc1N. The van der Waals surface area contributed by atoms with Gasteiger partial charge in [0.2, 0.25) is 5.91 Å². The van der Waals surface area contributed by atoms with Gasteiger partial charge in [0.25, 0.3) is 0 Å². The maximum Gasteiger partial charge on any atom is 0.227 e. The monoisotopic (exact) mass is 251 g/mol. The molecular weight excluding hydrogens is 238 g/mol. The molecule has 6 heteroatoms. The van der Waals surface area contributed by atoms with Crippen molar-refractivity contribution in [3.05, 3.63) is 18.2 Å². The fourth-order valence-electron chi connectivity index (χ4n) is 1.95. The second-order valence-electron chi connectivity index (χ2n) is 3.85. The van der Waals surface area contributed by atoms with Crippen LogP contribution in [0.2, 0.25) is 0 Å². The van der Waals surface area contributed by atoms with Crippen LogP contribution in [0.3, 0.4) is 0 Å². The minimum Gasteiger partial charge on any atom is -0.398 e. The van der Waals surface area contributed by atoms with Crippen molar-refractivity contribution in [2.45, 2.75) is 23.8 Å². The first-order valence-corrected chi connectivity index (χ1v) is 6.09. The van der Waals surface area contributed by atoms with Crippen LogP contribution in [-0.2, 0) is 9.59 Å². The van der Waals surface area contributed by atoms with E-state index in [1.807, 2.05) is 0 Å². The first-order chi connectivity index (χ1) is 8.17. The minimum atomic E-state index is -0.373. The van der Waals surface area contributed by atoms with E-state index in [0.29, 0.717) is 29.1 Å². The summed E-state index contributed by atoms with van der Waals surface area (Å²) in [4.78, 5) is 24.8. The van der Waals surface area contributed by atoms with Crippen molar-refractivity contribution in [2.75, 3.05) is 10.6 Å². The van der Waals surface area contributed by atoms with Crippen LogP contribution in [0.5, 0.6) is 0 Å². The number of carbonyl (C=O) groups excluding carboxylic acids is 2. The average Bonchev–Trinajstić information content (AvgIpc) is 2.71. The van der Waals surface area contributed by atoms with Crippen LogP contribution < -0.4 is 15.8 Å². The summed E-state index contributed by atoms with van der Waals surface area (Å²) >= 11 is 1.03. The first-order valence-electron chi connectivity index (χ1n) is 5.21. The molecule has 17 heavy (non-hydrogen) atoms. The van der Waals surface area contributed by atoms with Crippen molar-refractivity contribution in [1.29, 1.82) is 0 Å². The molecule has 2 rings (SSSR count). The van der Waals surface area contributed by atoms with Crippen molar-refractivity contribution in [3.63, 3.8) is 0 Å². The number of carbonyl (C=O) groups is 2. The molecule has 1 saturated heterocycles. The normalized spacial score (nSPS) is 19.7. The molecule has 0 saturated carbocycles. The summed E-state index contributed by atoms with van der Waals surface area (Å²) in [7, 11) is 0. The van der Waals surface area contributed by atoms with E-state index < -0.39 is 0 Å². The standard InChI is InChI=1S/C11H13N3O2S/c12-9-3-1-7(5-10(9)17-13)14-8(6-15)2-4-11(14)16/h1,3,5-6,8H,2,4,12-13H2. The number of amides is 1. The fraction of sp³-hybridized carbons (Fsp3) is 0.273. The number of nitrogens with two attached hydrogens (primary N) is 2. The van der Waals surface area contributed by atoms with E-state index in [1.165, 1.54) is 4.90 Å². The molecule has 1 unspecified atom stereocenters. The third-order valence-corrected chi connectivity index (χ3v) is 3.42. The Labute approximate surface area is 103 Å². The summed E-state index contributed by atoms with van der Waals surface area (Å²) < 4.78 is 0. The summed E-state index contributed by atoms with van der Waals surface area (Å²) in [6.07, 6.45) is 1.77. The van der Waals surface area contributed by atoms with Gasteiger partial charge in [-0.2, -0.15) is 0 Å². The Balaban J connectivity index is 2.38. The molecule has 0 spiro atoms. The Morgan fingerprint density at radius 3 is 2.88 bits per heavy atom. The molecule has 1 aliphatic rings. The molecule has 1 aromatic carbocycles. The van der Waals surface area contributed by atoms with Crippen molar-refractivity contribution >= 4 is 35.5 Å². The van der Waals surface area contributed by atoms with E-state index >= 15 is 0 Å². The first kappa shape index (κ1) is 11.9. The highest BCUT2D eigenvalue weighted by Crippen LogP contribution is 2.31. The molecule has 5 nitrogen and oxygen atoms in total. The molecule has 0 aliphatic carbocycles. The van der Waals surface area contributed by atoms with Gasteiger partial charge in [0.05, 0.1) is 6.04 Å². The third-order valence-electron chi connectivity index (χ3n) is 2.81. The molecule has 0 aromatic heterocycles. The van der Waals surface area contributed by atoms with Crippen LogP contribution in [0.1, 0.15) is 12.8 Å². The van der Waals surface area contributed by atoms with Crippen LogP contribution in [0.4, 0.5) is 11.4 Å². The molecular formula is C11H13N3O2S. The van der Waals surface area contributed by atoms with Gasteiger partial charge < -0.3 is 15.4 Å². The maximum atomic E-state index is 11.7. The third kappa shape index (κ3) is 2.13. The number of benzene rings is 1. The van der Waals surface area contributed by atoms with Gasteiger partial charge in [-0.15, -0.1) is 0 Å². The lowest BCUT2D eigenvalue weighted by Gasteiger charge is -2.21. The Morgan fingerprint density at radius 2 is 2.24 bits per heavy atom. The Bertz CT molecular complexity index is 464. The minimum absolute atomic E-state index is 0.0418. The zero-order valence-corrected chi connectivity index (χ0v) is 9.94. The molecule has 1 fully saturated rings. The highest BCUT2D eigenvalue weighted by atomic mass is 32.2. The summed E-state index contributed by atoms with van der Waals surface area (Å²) in [5.74, 6) is -0.0418. The van der Waals surface area contributed by atoms with Crippen molar-refractivity contribution < 1.29 is 9.59 Å². The van der Waals surface area contributed by atoms with Crippen LogP contribution in [0.25, 0.3) is 0 Å². The van der Waals surface area contributed by atoms with E-state index in [1.54, 1.807) is 18.2 Å². The van der Waals surface area contributed by atoms with Crippen LogP contribution in [0.15, 0.2) is 23.1 Å². The molecule has 4 N–H and O–H groups in total. The number of hydrogen-bond acceptors (Lipinski definition) is 5. The number of anilines is 2. The molecule has 0 bridgehead atoms. The topological polar surface area (TPSA) is 89.4 Å². The fourth-order valence-corrected chi connectivity index (χ4v) is 2.34. The van der Waals surface area contributed by atoms with Gasteiger partial charge in [0.15, 0.2) is 0 Å². The van der Waals surface area contributed by atoms with E-state index in [0.717, 1.165) is 18.2 Å². The number of aldehydes is 1. The van der Waals surface area contributed by atoms with Crippen LogP contribution >= 0.6 is 11.9 Å². The molecule has 1 heterocycles. The smallest absolute Gasteiger partial charge is 0.227 e. The van der Waals surface area contributed by atoms with Gasteiger partial charge in [-0.25, -0.2) is 0 Å². The van der Waals surface area contributed by atoms with E-state index in [-0.39, 0.29) is 11.9 Å². The Hall–Kier alpha value is -1.53. The van der Waals surface area contributed by atoms with Gasteiger partial charge >= 0.3 is 0 Å². The zero-order valence-electron chi connectivity index (χ0n) is 9.13. The van der Waals surface area contributed by atoms with Gasteiger partial charge in [-0.05, 0) is 36.6 Å². The lowest BCUT2D eigenvalue weighted by molar-refractivity contribution is -0.118. The summed E-state index contributed by atoms with van der Waals surface area (Å²) in [6, 6.07) is 4.79. The van der Waals surface area contributed by atoms with Crippen molar-refractivity contribution in [3.8, 4) is 0 Å². The number of hydrogen-bond donors (Lipinski definition) is 2. The van der Waals surface area contributed by atoms with Crippen molar-refractivity contribution in [1.82, 2.24) is 0 Å². The largest absolute Gasteiger partial charge is 0.398 e. The molecule has 1 amide bonds. The zero-order chi connectivity index (χ0) is 12.4. The van der Waals surface area contributed by atoms with Gasteiger partial charge in [-0.3, -0.25) is 9.93 Å². The molecule has 0 radical (unpaired) electrons. The Morgan fingerprint density at radius 1 is 1.47 bits per heavy atom. The summed E-state index contributed by atoms with van der Waals surface area (Å²) in [5.41, 5.74) is 6.96. The summed E-state index contributed by atoms with van der Waals surface area (Å²) in [5, 5.41) is 5.48. The highest BCUT2D eigenvalue weighted by Gasteiger charge is 2.31. The number of rotatable bonds is 3. The number of nitrogen functional groups attached to an aromatic ring is 1. The van der Waals surface area contributed by atoms with Crippen LogP contribution in [0, 0.1) is 0 Å². The molecule has 1 aromatic rings. The lowest BCUT2D eigenvalue weighted by atomic mass is 10.2. The maximum absolute atomic E-state index is 11.7. The van der Waals surface area contributed by atoms with Crippen LogP contribution in [-0.4, -0.2) is 18.2 Å². The quantitative estimate of drug-likeness (QED) is 0.474. The molecule has 1 aliphatic heterocycles. The van der Waals surface area contributed by atoms with E-state index in [2.05, 4.69) is 0 Å². The number of nitrogens with zero attached hydrogens (tertiary/aromatic N) is 1. The van der Waals surface area contributed by atoms with E-state index in [4.69, 9.17) is 10.9 Å². The van der Waals surface area contributed by atoms with E-state index in [9.17, 15) is 9.59 Å². The van der Waals surface area contributed by atoms with Gasteiger partial charge in [0.1, 0.15) is 6.29 Å².